The van der Waals surface area contributed by atoms with Gasteiger partial charge in [0, 0.05) is 16.1 Å². The van der Waals surface area contributed by atoms with Crippen LogP contribution in [0.25, 0.3) is 0 Å². The maximum atomic E-state index is 12.3. The van der Waals surface area contributed by atoms with Gasteiger partial charge >= 0.3 is 5.97 Å². The highest BCUT2D eigenvalue weighted by molar-refractivity contribution is 6.31. The van der Waals surface area contributed by atoms with E-state index in [9.17, 15) is 14.4 Å². The van der Waals surface area contributed by atoms with Gasteiger partial charge in [-0.25, -0.2) is 0 Å². The molecule has 6 heteroatoms. The number of Topliss-reactive ketones (excluding diaryl/α,β-unsaturated/α-hetero) is 1. The Bertz CT molecular complexity index is 869. The average molecular weight is 402 g/mol. The zero-order valence-corrected chi connectivity index (χ0v) is 17.2. The summed E-state index contributed by atoms with van der Waals surface area (Å²) in [5.74, 6) is -1.44. The second-order valence-corrected chi connectivity index (χ2v) is 7.95. The molecule has 1 amide bonds. The Morgan fingerprint density at radius 1 is 1.04 bits per heavy atom. The lowest BCUT2D eigenvalue weighted by Gasteiger charge is -2.19. The fraction of sp³-hybridized carbons (Fsp3) is 0.318. The molecule has 0 radical (unpaired) electrons. The van der Waals surface area contributed by atoms with E-state index in [4.69, 9.17) is 16.3 Å². The van der Waals surface area contributed by atoms with Crippen LogP contribution in [0.4, 0.5) is 0 Å². The molecule has 148 valence electrons. The molecule has 0 aromatic heterocycles. The minimum absolute atomic E-state index is 0.00946. The summed E-state index contributed by atoms with van der Waals surface area (Å²) in [5.41, 5.74) is 1.90. The van der Waals surface area contributed by atoms with E-state index in [1.165, 1.54) is 13.0 Å². The molecule has 0 spiro atoms. The number of rotatable bonds is 6. The third-order valence-corrected chi connectivity index (χ3v) is 4.43. The summed E-state index contributed by atoms with van der Waals surface area (Å²) in [4.78, 5) is 36.4. The number of hydrogen-bond acceptors (Lipinski definition) is 4. The van der Waals surface area contributed by atoms with Gasteiger partial charge in [0.25, 0.3) is 5.91 Å². The lowest BCUT2D eigenvalue weighted by molar-refractivity contribution is -0.145. The van der Waals surface area contributed by atoms with E-state index in [0.717, 1.165) is 5.56 Å². The summed E-state index contributed by atoms with van der Waals surface area (Å²) in [6, 6.07) is 13.6. The van der Waals surface area contributed by atoms with Crippen LogP contribution in [0.3, 0.4) is 0 Å². The minimum Gasteiger partial charge on any atom is -0.453 e. The third-order valence-electron chi connectivity index (χ3n) is 4.19. The molecule has 1 atom stereocenters. The smallest absolute Gasteiger partial charge is 0.326 e. The van der Waals surface area contributed by atoms with Gasteiger partial charge in [-0.15, -0.1) is 0 Å². The largest absolute Gasteiger partial charge is 0.453 e. The van der Waals surface area contributed by atoms with Crippen LogP contribution < -0.4 is 5.32 Å². The Morgan fingerprint density at radius 3 is 2.25 bits per heavy atom. The first kappa shape index (κ1) is 21.6. The Labute approximate surface area is 170 Å². The van der Waals surface area contributed by atoms with Gasteiger partial charge in [0.1, 0.15) is 6.54 Å². The third kappa shape index (κ3) is 5.92. The summed E-state index contributed by atoms with van der Waals surface area (Å²) < 4.78 is 5.11. The predicted molar refractivity (Wildman–Crippen MR) is 109 cm³/mol. The number of benzene rings is 2. The first-order valence-electron chi connectivity index (χ1n) is 8.96. The molecule has 0 aliphatic heterocycles. The van der Waals surface area contributed by atoms with Crippen molar-refractivity contribution in [2.75, 3.05) is 6.54 Å². The van der Waals surface area contributed by atoms with Gasteiger partial charge in [-0.2, -0.15) is 0 Å². The van der Waals surface area contributed by atoms with Gasteiger partial charge in [0.15, 0.2) is 6.10 Å². The molecule has 0 aliphatic rings. The molecule has 2 rings (SSSR count). The summed E-state index contributed by atoms with van der Waals surface area (Å²) in [7, 11) is 0. The number of nitrogens with one attached hydrogen (secondary N) is 1. The number of carbonyl (C=O) groups is 3. The molecule has 28 heavy (non-hydrogen) atoms. The van der Waals surface area contributed by atoms with Crippen LogP contribution in [-0.2, 0) is 14.9 Å². The van der Waals surface area contributed by atoms with Crippen molar-refractivity contribution in [2.24, 2.45) is 0 Å². The minimum atomic E-state index is -0.978. The number of esters is 1. The summed E-state index contributed by atoms with van der Waals surface area (Å²) in [5, 5.41) is 2.93. The monoisotopic (exact) mass is 401 g/mol. The topological polar surface area (TPSA) is 72.5 Å². The number of halogens is 1. The molecular weight excluding hydrogens is 378 g/mol. The number of ketones is 1. The molecule has 0 saturated heterocycles. The quantitative estimate of drug-likeness (QED) is 0.582. The molecule has 2 aromatic rings. The second kappa shape index (κ2) is 9.02. The van der Waals surface area contributed by atoms with Crippen LogP contribution in [0, 0.1) is 0 Å². The van der Waals surface area contributed by atoms with Crippen LogP contribution in [0.2, 0.25) is 5.02 Å². The molecule has 2 aromatic carbocycles. The number of amides is 1. The number of carbonyl (C=O) groups excluding carboxylic acids is 3. The van der Waals surface area contributed by atoms with Crippen molar-refractivity contribution in [1.29, 1.82) is 0 Å². The normalized spacial score (nSPS) is 12.2. The lowest BCUT2D eigenvalue weighted by Crippen LogP contribution is -2.34. The van der Waals surface area contributed by atoms with Crippen LogP contribution in [0.15, 0.2) is 48.5 Å². The van der Waals surface area contributed by atoms with Gasteiger partial charge in [-0.1, -0.05) is 56.6 Å². The number of hydrogen-bond donors (Lipinski definition) is 1. The van der Waals surface area contributed by atoms with E-state index in [1.54, 1.807) is 30.3 Å². The molecule has 1 unspecified atom stereocenters. The Hall–Kier alpha value is -2.66. The van der Waals surface area contributed by atoms with Crippen molar-refractivity contribution in [1.82, 2.24) is 5.32 Å². The van der Waals surface area contributed by atoms with Crippen LogP contribution >= 0.6 is 11.6 Å². The molecule has 0 fully saturated rings. The summed E-state index contributed by atoms with van der Waals surface area (Å²) in [6.45, 7) is 7.42. The SMILES string of the molecule is CC(OC(=O)CNC(=O)c1ccc(C(C)(C)C)cc1)C(=O)c1cccc(Cl)c1. The van der Waals surface area contributed by atoms with E-state index in [2.05, 4.69) is 26.1 Å². The molecule has 5 nitrogen and oxygen atoms in total. The van der Waals surface area contributed by atoms with Crippen LogP contribution in [-0.4, -0.2) is 30.3 Å². The van der Waals surface area contributed by atoms with E-state index in [-0.39, 0.29) is 23.7 Å². The van der Waals surface area contributed by atoms with E-state index in [0.29, 0.717) is 16.1 Å². The van der Waals surface area contributed by atoms with Crippen molar-refractivity contribution < 1.29 is 19.1 Å². The van der Waals surface area contributed by atoms with Crippen molar-refractivity contribution in [3.05, 3.63) is 70.2 Å². The molecule has 1 N–H and O–H groups in total. The zero-order valence-electron chi connectivity index (χ0n) is 16.4. The molecule has 0 bridgehead atoms. The summed E-state index contributed by atoms with van der Waals surface area (Å²) in [6.07, 6.45) is -0.978. The zero-order chi connectivity index (χ0) is 20.9. The lowest BCUT2D eigenvalue weighted by atomic mass is 9.87. The first-order valence-corrected chi connectivity index (χ1v) is 9.34. The van der Waals surface area contributed by atoms with Crippen molar-refractivity contribution >= 4 is 29.3 Å². The molecule has 0 aliphatic carbocycles. The van der Waals surface area contributed by atoms with E-state index in [1.807, 2.05) is 12.1 Å². The van der Waals surface area contributed by atoms with Gasteiger partial charge < -0.3 is 10.1 Å². The first-order chi connectivity index (χ1) is 13.1. The molecular formula is C22H24ClNO4. The number of ether oxygens (including phenoxy) is 1. The maximum absolute atomic E-state index is 12.3. The van der Waals surface area contributed by atoms with Crippen LogP contribution in [0.1, 0.15) is 54.0 Å². The fourth-order valence-electron chi connectivity index (χ4n) is 2.54. The van der Waals surface area contributed by atoms with Crippen molar-refractivity contribution in [3.63, 3.8) is 0 Å². The highest BCUT2D eigenvalue weighted by Crippen LogP contribution is 2.22. The van der Waals surface area contributed by atoms with Crippen LogP contribution in [0.5, 0.6) is 0 Å². The standard InChI is InChI=1S/C22H24ClNO4/c1-14(20(26)16-6-5-7-18(23)12-16)28-19(25)13-24-21(27)15-8-10-17(11-9-15)22(2,3)4/h5-12,14H,13H2,1-4H3,(H,24,27). The van der Waals surface area contributed by atoms with E-state index < -0.39 is 12.1 Å². The van der Waals surface area contributed by atoms with Gasteiger partial charge in [-0.3, -0.25) is 14.4 Å². The molecule has 0 saturated carbocycles. The maximum Gasteiger partial charge on any atom is 0.326 e. The average Bonchev–Trinajstić information content (AvgIpc) is 2.64. The molecule has 0 heterocycles. The summed E-state index contributed by atoms with van der Waals surface area (Å²) >= 11 is 5.87. The highest BCUT2D eigenvalue weighted by atomic mass is 35.5. The highest BCUT2D eigenvalue weighted by Gasteiger charge is 2.20. The van der Waals surface area contributed by atoms with Crippen molar-refractivity contribution in [2.45, 2.75) is 39.2 Å². The Morgan fingerprint density at radius 2 is 1.68 bits per heavy atom. The van der Waals surface area contributed by atoms with E-state index >= 15 is 0 Å². The predicted octanol–water partition coefficient (Wildman–Crippen LogP) is 4.18. The van der Waals surface area contributed by atoms with Crippen molar-refractivity contribution in [3.8, 4) is 0 Å². The van der Waals surface area contributed by atoms with Gasteiger partial charge in [0.05, 0.1) is 0 Å². The fourth-order valence-corrected chi connectivity index (χ4v) is 2.74. The second-order valence-electron chi connectivity index (χ2n) is 7.52. The van der Waals surface area contributed by atoms with Gasteiger partial charge in [-0.05, 0) is 42.2 Å². The van der Waals surface area contributed by atoms with Gasteiger partial charge in [0.2, 0.25) is 5.78 Å². The Kier molecular flexibility index (Phi) is 6.97. The Balaban J connectivity index is 1.87.